The molecule has 7 nitrogen and oxygen atoms in total. The Labute approximate surface area is 187 Å². The number of carbonyl (C=O) groups is 2. The van der Waals surface area contributed by atoms with E-state index in [1.165, 1.54) is 19.3 Å². The van der Waals surface area contributed by atoms with E-state index >= 15 is 0 Å². The van der Waals surface area contributed by atoms with E-state index in [0.717, 1.165) is 24.5 Å². The summed E-state index contributed by atoms with van der Waals surface area (Å²) in [5.41, 5.74) is 1.53. The van der Waals surface area contributed by atoms with Crippen LogP contribution in [0.15, 0.2) is 36.5 Å². The van der Waals surface area contributed by atoms with Gasteiger partial charge in [-0.1, -0.05) is 17.7 Å². The summed E-state index contributed by atoms with van der Waals surface area (Å²) in [4.78, 5) is 33.7. The molecule has 2 aliphatic heterocycles. The van der Waals surface area contributed by atoms with Crippen molar-refractivity contribution in [1.29, 1.82) is 0 Å². The van der Waals surface area contributed by atoms with Gasteiger partial charge in [-0.2, -0.15) is 0 Å². The standard InChI is InChI=1S/C23H27ClN4O3/c1-31-20-7-6-18(24)12-19(20)28-15-17(11-22(28)29)23(30)26-14-16-5-8-21(25-13-16)27-9-3-2-4-10-27/h5-8,12-13,17H,2-4,9-11,14-15H2,1H3,(H,26,30). The predicted molar refractivity (Wildman–Crippen MR) is 121 cm³/mol. The number of rotatable bonds is 6. The molecule has 4 rings (SSSR count). The summed E-state index contributed by atoms with van der Waals surface area (Å²) in [6.07, 6.45) is 5.67. The number of nitrogens with one attached hydrogen (secondary N) is 1. The van der Waals surface area contributed by atoms with E-state index in [4.69, 9.17) is 16.3 Å². The molecule has 2 saturated heterocycles. The maximum atomic E-state index is 12.7. The number of nitrogens with zero attached hydrogens (tertiary/aromatic N) is 3. The van der Waals surface area contributed by atoms with Crippen molar-refractivity contribution in [1.82, 2.24) is 10.3 Å². The van der Waals surface area contributed by atoms with Crippen LogP contribution in [-0.4, -0.2) is 43.5 Å². The first kappa shape index (κ1) is 21.4. The highest BCUT2D eigenvalue weighted by molar-refractivity contribution is 6.31. The second kappa shape index (κ2) is 9.56. The first-order chi connectivity index (χ1) is 15.0. The second-order valence-electron chi connectivity index (χ2n) is 8.01. The molecule has 0 aliphatic carbocycles. The van der Waals surface area contributed by atoms with Gasteiger partial charge in [-0.3, -0.25) is 9.59 Å². The van der Waals surface area contributed by atoms with Crippen LogP contribution in [0.3, 0.4) is 0 Å². The van der Waals surface area contributed by atoms with Crippen LogP contribution in [0.1, 0.15) is 31.2 Å². The van der Waals surface area contributed by atoms with Crippen LogP contribution in [0, 0.1) is 5.92 Å². The SMILES string of the molecule is COc1ccc(Cl)cc1N1CC(C(=O)NCc2ccc(N3CCCCC3)nc2)CC1=O. The number of hydrogen-bond acceptors (Lipinski definition) is 5. The maximum Gasteiger partial charge on any atom is 0.227 e. The topological polar surface area (TPSA) is 74.8 Å². The molecule has 1 aromatic heterocycles. The number of hydrogen-bond donors (Lipinski definition) is 1. The van der Waals surface area contributed by atoms with Gasteiger partial charge in [0.15, 0.2) is 0 Å². The lowest BCUT2D eigenvalue weighted by Gasteiger charge is -2.27. The molecule has 2 fully saturated rings. The van der Waals surface area contributed by atoms with E-state index in [0.29, 0.717) is 29.5 Å². The Hall–Kier alpha value is -2.80. The van der Waals surface area contributed by atoms with Gasteiger partial charge in [-0.05, 0) is 49.1 Å². The lowest BCUT2D eigenvalue weighted by atomic mass is 10.1. The number of benzene rings is 1. The highest BCUT2D eigenvalue weighted by Gasteiger charge is 2.36. The lowest BCUT2D eigenvalue weighted by Crippen LogP contribution is -2.33. The highest BCUT2D eigenvalue weighted by Crippen LogP contribution is 2.35. The molecule has 0 saturated carbocycles. The Morgan fingerprint density at radius 3 is 2.74 bits per heavy atom. The number of piperidine rings is 1. The zero-order chi connectivity index (χ0) is 21.8. The molecule has 31 heavy (non-hydrogen) atoms. The summed E-state index contributed by atoms with van der Waals surface area (Å²) in [6, 6.07) is 9.13. The Morgan fingerprint density at radius 1 is 1.23 bits per heavy atom. The number of anilines is 2. The maximum absolute atomic E-state index is 12.7. The monoisotopic (exact) mass is 442 g/mol. The summed E-state index contributed by atoms with van der Waals surface area (Å²) < 4.78 is 5.35. The van der Waals surface area contributed by atoms with Crippen LogP contribution in [0.2, 0.25) is 5.02 Å². The summed E-state index contributed by atoms with van der Waals surface area (Å²) in [5.74, 6) is 0.864. The fourth-order valence-corrected chi connectivity index (χ4v) is 4.32. The molecule has 164 valence electrons. The van der Waals surface area contributed by atoms with Gasteiger partial charge in [0.05, 0.1) is 18.7 Å². The van der Waals surface area contributed by atoms with Crippen LogP contribution in [0.5, 0.6) is 5.75 Å². The van der Waals surface area contributed by atoms with Crippen LogP contribution in [0.25, 0.3) is 0 Å². The van der Waals surface area contributed by atoms with Gasteiger partial charge in [-0.25, -0.2) is 4.98 Å². The largest absolute Gasteiger partial charge is 0.495 e. The van der Waals surface area contributed by atoms with Gasteiger partial charge in [0, 0.05) is 43.8 Å². The number of halogens is 1. The van der Waals surface area contributed by atoms with Gasteiger partial charge in [-0.15, -0.1) is 0 Å². The van der Waals surface area contributed by atoms with Crippen molar-refractivity contribution in [3.8, 4) is 5.75 Å². The van der Waals surface area contributed by atoms with E-state index in [9.17, 15) is 9.59 Å². The van der Waals surface area contributed by atoms with Crippen molar-refractivity contribution in [3.05, 3.63) is 47.1 Å². The summed E-state index contributed by atoms with van der Waals surface area (Å²) in [6.45, 7) is 2.78. The predicted octanol–water partition coefficient (Wildman–Crippen LogP) is 3.40. The lowest BCUT2D eigenvalue weighted by molar-refractivity contribution is -0.126. The number of pyridine rings is 1. The fourth-order valence-electron chi connectivity index (χ4n) is 4.15. The molecular weight excluding hydrogens is 416 g/mol. The third-order valence-corrected chi connectivity index (χ3v) is 6.12. The number of methoxy groups -OCH3 is 1. The molecule has 0 spiro atoms. The van der Waals surface area contributed by atoms with Crippen LogP contribution >= 0.6 is 11.6 Å². The summed E-state index contributed by atoms with van der Waals surface area (Å²) in [5, 5.41) is 3.45. The highest BCUT2D eigenvalue weighted by atomic mass is 35.5. The minimum absolute atomic E-state index is 0.117. The van der Waals surface area contributed by atoms with Crippen molar-refractivity contribution in [2.45, 2.75) is 32.2 Å². The zero-order valence-corrected chi connectivity index (χ0v) is 18.4. The first-order valence-electron chi connectivity index (χ1n) is 10.7. The van der Waals surface area contributed by atoms with Crippen LogP contribution in [0.4, 0.5) is 11.5 Å². The van der Waals surface area contributed by atoms with Crippen molar-refractivity contribution in [2.24, 2.45) is 5.92 Å². The third kappa shape index (κ3) is 4.93. The molecule has 0 bridgehead atoms. The molecule has 3 heterocycles. The Balaban J connectivity index is 1.34. The van der Waals surface area contributed by atoms with E-state index in [-0.39, 0.29) is 18.2 Å². The normalized spacial score (nSPS) is 18.9. The second-order valence-corrected chi connectivity index (χ2v) is 8.45. The molecule has 8 heteroatoms. The molecular formula is C23H27ClN4O3. The fraction of sp³-hybridized carbons (Fsp3) is 0.435. The Bertz CT molecular complexity index is 944. The van der Waals surface area contributed by atoms with Crippen LogP contribution < -0.4 is 19.9 Å². The smallest absolute Gasteiger partial charge is 0.227 e. The first-order valence-corrected chi connectivity index (χ1v) is 11.0. The average Bonchev–Trinajstić information content (AvgIpc) is 3.20. The molecule has 1 unspecified atom stereocenters. The molecule has 1 aromatic carbocycles. The van der Waals surface area contributed by atoms with Crippen molar-refractivity contribution in [3.63, 3.8) is 0 Å². The van der Waals surface area contributed by atoms with Crippen molar-refractivity contribution >= 4 is 34.9 Å². The van der Waals surface area contributed by atoms with Gasteiger partial charge in [0.25, 0.3) is 0 Å². The van der Waals surface area contributed by atoms with Crippen molar-refractivity contribution < 1.29 is 14.3 Å². The number of aromatic nitrogens is 1. The summed E-state index contributed by atoms with van der Waals surface area (Å²) in [7, 11) is 1.54. The molecule has 2 aromatic rings. The molecule has 1 atom stereocenters. The van der Waals surface area contributed by atoms with E-state index in [1.54, 1.807) is 30.2 Å². The number of carbonyl (C=O) groups excluding carboxylic acids is 2. The Morgan fingerprint density at radius 2 is 2.03 bits per heavy atom. The quantitative estimate of drug-likeness (QED) is 0.742. The summed E-state index contributed by atoms with van der Waals surface area (Å²) >= 11 is 6.10. The number of amides is 2. The molecule has 0 radical (unpaired) electrons. The third-order valence-electron chi connectivity index (χ3n) is 5.88. The minimum atomic E-state index is -0.420. The van der Waals surface area contributed by atoms with E-state index in [2.05, 4.69) is 15.2 Å². The number of ether oxygens (including phenoxy) is 1. The average molecular weight is 443 g/mol. The van der Waals surface area contributed by atoms with E-state index < -0.39 is 5.92 Å². The molecule has 2 aliphatic rings. The Kier molecular flexibility index (Phi) is 6.61. The zero-order valence-electron chi connectivity index (χ0n) is 17.6. The van der Waals surface area contributed by atoms with Gasteiger partial charge in [0.1, 0.15) is 11.6 Å². The van der Waals surface area contributed by atoms with E-state index in [1.807, 2.05) is 18.3 Å². The molecule has 1 N–H and O–H groups in total. The van der Waals surface area contributed by atoms with Gasteiger partial charge < -0.3 is 19.9 Å². The van der Waals surface area contributed by atoms with Gasteiger partial charge in [0.2, 0.25) is 11.8 Å². The van der Waals surface area contributed by atoms with Crippen molar-refractivity contribution in [2.75, 3.05) is 36.5 Å². The minimum Gasteiger partial charge on any atom is -0.495 e. The van der Waals surface area contributed by atoms with Crippen LogP contribution in [-0.2, 0) is 16.1 Å². The van der Waals surface area contributed by atoms with Gasteiger partial charge >= 0.3 is 0 Å². The molecule has 2 amide bonds.